The molecule has 0 unspecified atom stereocenters. The average molecular weight is 412 g/mol. The number of hydrogen-bond acceptors (Lipinski definition) is 3. The summed E-state index contributed by atoms with van der Waals surface area (Å²) < 4.78 is 24.4. The molecule has 0 bridgehead atoms. The SMILES string of the molecule is COc1cc2c(cc1OC)[C@@H](c1cccc(Cl)c1)N(Cc1ccc(F)cc1)CC2. The van der Waals surface area contributed by atoms with Gasteiger partial charge >= 0.3 is 0 Å². The molecule has 4 rings (SSSR count). The molecule has 0 radical (unpaired) electrons. The van der Waals surface area contributed by atoms with Crippen LogP contribution < -0.4 is 9.47 Å². The second kappa shape index (κ2) is 8.44. The highest BCUT2D eigenvalue weighted by atomic mass is 35.5. The number of fused-ring (bicyclic) bond motifs is 1. The van der Waals surface area contributed by atoms with Crippen LogP contribution in [0.1, 0.15) is 28.3 Å². The van der Waals surface area contributed by atoms with E-state index in [1.807, 2.05) is 30.3 Å². The number of ether oxygens (including phenoxy) is 2. The Morgan fingerprint density at radius 1 is 1.00 bits per heavy atom. The Bertz CT molecular complexity index is 1010. The summed E-state index contributed by atoms with van der Waals surface area (Å²) in [6.07, 6.45) is 0.897. The van der Waals surface area contributed by atoms with Gasteiger partial charge in [0.1, 0.15) is 5.82 Å². The maximum atomic E-state index is 13.3. The molecule has 1 aliphatic heterocycles. The number of hydrogen-bond donors (Lipinski definition) is 0. The van der Waals surface area contributed by atoms with Gasteiger partial charge < -0.3 is 9.47 Å². The molecule has 1 atom stereocenters. The molecule has 0 aromatic heterocycles. The van der Waals surface area contributed by atoms with Crippen LogP contribution in [0.3, 0.4) is 0 Å². The van der Waals surface area contributed by atoms with Gasteiger partial charge in [0.05, 0.1) is 20.3 Å². The zero-order chi connectivity index (χ0) is 20.4. The van der Waals surface area contributed by atoms with Crippen LogP contribution in [0, 0.1) is 5.82 Å². The molecule has 1 heterocycles. The van der Waals surface area contributed by atoms with Crippen LogP contribution in [0.25, 0.3) is 0 Å². The normalized spacial score (nSPS) is 16.3. The average Bonchev–Trinajstić information content (AvgIpc) is 2.74. The van der Waals surface area contributed by atoms with Crippen LogP contribution in [0.2, 0.25) is 5.02 Å². The zero-order valence-electron chi connectivity index (χ0n) is 16.5. The topological polar surface area (TPSA) is 21.7 Å². The van der Waals surface area contributed by atoms with Gasteiger partial charge in [0.2, 0.25) is 0 Å². The Kier molecular flexibility index (Phi) is 5.74. The van der Waals surface area contributed by atoms with Crippen LogP contribution in [0.5, 0.6) is 11.5 Å². The summed E-state index contributed by atoms with van der Waals surface area (Å²) in [7, 11) is 3.31. The van der Waals surface area contributed by atoms with E-state index in [1.54, 1.807) is 14.2 Å². The highest BCUT2D eigenvalue weighted by molar-refractivity contribution is 6.30. The van der Waals surface area contributed by atoms with Gasteiger partial charge in [-0.3, -0.25) is 4.90 Å². The highest BCUT2D eigenvalue weighted by Crippen LogP contribution is 2.41. The molecule has 0 spiro atoms. The van der Waals surface area contributed by atoms with Gasteiger partial charge in [0, 0.05) is 18.1 Å². The van der Waals surface area contributed by atoms with Crippen molar-refractivity contribution < 1.29 is 13.9 Å². The fourth-order valence-corrected chi connectivity index (χ4v) is 4.26. The lowest BCUT2D eigenvalue weighted by Crippen LogP contribution is -2.35. The Balaban J connectivity index is 1.79. The van der Waals surface area contributed by atoms with E-state index in [1.165, 1.54) is 23.3 Å². The molecule has 5 heteroatoms. The fraction of sp³-hybridized carbons (Fsp3) is 0.250. The molecule has 3 aromatic rings. The minimum absolute atomic E-state index is 0.0160. The first-order valence-corrected chi connectivity index (χ1v) is 9.95. The zero-order valence-corrected chi connectivity index (χ0v) is 17.2. The van der Waals surface area contributed by atoms with E-state index in [0.717, 1.165) is 29.8 Å². The minimum Gasteiger partial charge on any atom is -0.493 e. The lowest BCUT2D eigenvalue weighted by molar-refractivity contribution is 0.203. The number of methoxy groups -OCH3 is 2. The Morgan fingerprint density at radius 3 is 2.41 bits per heavy atom. The predicted molar refractivity (Wildman–Crippen MR) is 113 cm³/mol. The van der Waals surface area contributed by atoms with E-state index >= 15 is 0 Å². The molecule has 0 saturated heterocycles. The van der Waals surface area contributed by atoms with Gasteiger partial charge in [-0.05, 0) is 65.1 Å². The molecule has 0 amide bonds. The van der Waals surface area contributed by atoms with Crippen LogP contribution in [-0.4, -0.2) is 25.7 Å². The van der Waals surface area contributed by atoms with Gasteiger partial charge in [-0.2, -0.15) is 0 Å². The van der Waals surface area contributed by atoms with Crippen molar-refractivity contribution in [3.8, 4) is 11.5 Å². The molecule has 0 N–H and O–H groups in total. The number of benzene rings is 3. The number of halogens is 2. The summed E-state index contributed by atoms with van der Waals surface area (Å²) in [5.74, 6) is 1.23. The van der Waals surface area contributed by atoms with Crippen LogP contribution in [0.15, 0.2) is 60.7 Å². The van der Waals surface area contributed by atoms with Gasteiger partial charge in [0.25, 0.3) is 0 Å². The van der Waals surface area contributed by atoms with Crippen molar-refractivity contribution in [3.05, 3.63) is 93.8 Å². The van der Waals surface area contributed by atoms with Gasteiger partial charge in [-0.15, -0.1) is 0 Å². The smallest absolute Gasteiger partial charge is 0.161 e. The lowest BCUT2D eigenvalue weighted by Gasteiger charge is -2.38. The molecule has 1 aliphatic rings. The highest BCUT2D eigenvalue weighted by Gasteiger charge is 2.30. The Hall–Kier alpha value is -2.56. The second-order valence-corrected chi connectivity index (χ2v) is 7.65. The predicted octanol–water partition coefficient (Wildman–Crippen LogP) is 5.64. The van der Waals surface area contributed by atoms with E-state index in [0.29, 0.717) is 17.3 Å². The molecule has 29 heavy (non-hydrogen) atoms. The van der Waals surface area contributed by atoms with E-state index in [4.69, 9.17) is 21.1 Å². The van der Waals surface area contributed by atoms with Gasteiger partial charge in [0.15, 0.2) is 11.5 Å². The van der Waals surface area contributed by atoms with E-state index in [-0.39, 0.29) is 11.9 Å². The molecular formula is C24H23ClFNO2. The summed E-state index contributed by atoms with van der Waals surface area (Å²) in [6, 6.07) is 18.8. The van der Waals surface area contributed by atoms with Crippen molar-refractivity contribution in [1.29, 1.82) is 0 Å². The third-order valence-corrected chi connectivity index (χ3v) is 5.67. The first-order chi connectivity index (χ1) is 14.1. The standard InChI is InChI=1S/C24H23ClFNO2/c1-28-22-13-17-10-11-27(15-16-6-8-20(26)9-7-16)24(21(17)14-23(22)29-2)18-4-3-5-19(25)12-18/h3-9,12-14,24H,10-11,15H2,1-2H3/t24-/m1/s1. The van der Waals surface area contributed by atoms with E-state index in [2.05, 4.69) is 23.1 Å². The second-order valence-electron chi connectivity index (χ2n) is 7.21. The van der Waals surface area contributed by atoms with Crippen molar-refractivity contribution in [3.63, 3.8) is 0 Å². The first-order valence-electron chi connectivity index (χ1n) is 9.58. The summed E-state index contributed by atoms with van der Waals surface area (Å²) in [5.41, 5.74) is 4.61. The van der Waals surface area contributed by atoms with Gasteiger partial charge in [-0.1, -0.05) is 35.9 Å². The van der Waals surface area contributed by atoms with Gasteiger partial charge in [-0.25, -0.2) is 4.39 Å². The fourth-order valence-electron chi connectivity index (χ4n) is 4.06. The van der Waals surface area contributed by atoms with Crippen molar-refractivity contribution >= 4 is 11.6 Å². The summed E-state index contributed by atoms with van der Waals surface area (Å²) in [6.45, 7) is 1.59. The molecule has 0 aliphatic carbocycles. The van der Waals surface area contributed by atoms with E-state index < -0.39 is 0 Å². The summed E-state index contributed by atoms with van der Waals surface area (Å²) in [5, 5.41) is 0.705. The number of nitrogens with zero attached hydrogens (tertiary/aromatic N) is 1. The lowest BCUT2D eigenvalue weighted by atomic mass is 9.87. The maximum Gasteiger partial charge on any atom is 0.161 e. The molecule has 150 valence electrons. The summed E-state index contributed by atoms with van der Waals surface area (Å²) >= 11 is 6.32. The molecule has 0 saturated carbocycles. The third-order valence-electron chi connectivity index (χ3n) is 5.44. The first kappa shape index (κ1) is 19.7. The monoisotopic (exact) mass is 411 g/mol. The Morgan fingerprint density at radius 2 is 1.72 bits per heavy atom. The van der Waals surface area contributed by atoms with Crippen molar-refractivity contribution in [2.45, 2.75) is 19.0 Å². The van der Waals surface area contributed by atoms with Crippen LogP contribution >= 0.6 is 11.6 Å². The van der Waals surface area contributed by atoms with E-state index in [9.17, 15) is 4.39 Å². The van der Waals surface area contributed by atoms with Crippen molar-refractivity contribution in [2.24, 2.45) is 0 Å². The molecule has 3 nitrogen and oxygen atoms in total. The summed E-state index contributed by atoms with van der Waals surface area (Å²) in [4.78, 5) is 2.40. The minimum atomic E-state index is -0.221. The van der Waals surface area contributed by atoms with Crippen LogP contribution in [0.4, 0.5) is 4.39 Å². The molecule has 0 fully saturated rings. The van der Waals surface area contributed by atoms with Crippen LogP contribution in [-0.2, 0) is 13.0 Å². The number of rotatable bonds is 5. The van der Waals surface area contributed by atoms with Crippen molar-refractivity contribution in [1.82, 2.24) is 4.90 Å². The third kappa shape index (κ3) is 4.09. The molecule has 3 aromatic carbocycles. The van der Waals surface area contributed by atoms with Crippen molar-refractivity contribution in [2.75, 3.05) is 20.8 Å². The largest absolute Gasteiger partial charge is 0.493 e. The quantitative estimate of drug-likeness (QED) is 0.542. The Labute approximate surface area is 175 Å². The maximum absolute atomic E-state index is 13.3. The molecular weight excluding hydrogens is 389 g/mol.